The molecule has 0 aromatic carbocycles. The molecule has 0 aliphatic rings. The third kappa shape index (κ3) is 53.7. The number of hydrogen-bond acceptors (Lipinski definition) is 6. The lowest BCUT2D eigenvalue weighted by Crippen LogP contribution is -2.27. The molecule has 0 fully saturated rings. The third-order valence-electron chi connectivity index (χ3n) is 10.9. The number of aliphatic carboxylic acids is 3. The van der Waals surface area contributed by atoms with Crippen molar-refractivity contribution in [3.8, 4) is 11.8 Å². The fraction of sp³-hybridized carbons (Fsp3) is 0.617. The van der Waals surface area contributed by atoms with Crippen LogP contribution in [-0.2, 0) is 14.4 Å². The highest BCUT2D eigenvalue weighted by molar-refractivity contribution is 5.75. The fourth-order valence-corrected chi connectivity index (χ4v) is 6.26. The van der Waals surface area contributed by atoms with Gasteiger partial charge >= 0.3 is 35.7 Å². The van der Waals surface area contributed by atoms with Crippen LogP contribution in [0.25, 0.3) is 0 Å². The van der Waals surface area contributed by atoms with Gasteiger partial charge in [-0.1, -0.05) is 187 Å². The van der Waals surface area contributed by atoms with E-state index >= 15 is 0 Å². The van der Waals surface area contributed by atoms with E-state index in [0.29, 0.717) is 6.42 Å². The van der Waals surface area contributed by atoms with Gasteiger partial charge in [0.05, 0.1) is 12.2 Å². The Morgan fingerprint density at radius 3 is 1.16 bits per heavy atom. The Morgan fingerprint density at radius 2 is 0.747 bits per heavy atom. The smallest absolute Gasteiger partial charge is 0.374 e. The summed E-state index contributed by atoms with van der Waals surface area (Å²) in [5, 5.41) is 53.8. The van der Waals surface area contributed by atoms with Crippen LogP contribution in [0, 0.1) is 11.8 Å². The van der Waals surface area contributed by atoms with Crippen LogP contribution in [0.15, 0.2) is 109 Å². The van der Waals surface area contributed by atoms with Crippen LogP contribution in [0.3, 0.4) is 0 Å². The largest absolute Gasteiger partial charge is 0.477 e. The van der Waals surface area contributed by atoms with Gasteiger partial charge in [-0.15, -0.1) is 0 Å². The molecule has 0 saturated carbocycles. The van der Waals surface area contributed by atoms with Crippen molar-refractivity contribution >= 4 is 17.9 Å². The first-order valence-corrected chi connectivity index (χ1v) is 27.0. The van der Waals surface area contributed by atoms with Gasteiger partial charge in [-0.25, -0.2) is 14.4 Å². The molecule has 0 aliphatic carbocycles. The van der Waals surface area contributed by atoms with Crippen LogP contribution in [0.2, 0.25) is 0 Å². The lowest BCUT2D eigenvalue weighted by Gasteiger charge is -2.08. The maximum atomic E-state index is 12.8. The zero-order valence-electron chi connectivity index (χ0n) is 45.1. The molecule has 0 aliphatic heterocycles. The molecule has 0 saturated heterocycles. The van der Waals surface area contributed by atoms with Crippen LogP contribution in [0.4, 0.5) is 26.3 Å². The van der Waals surface area contributed by atoms with Crippen molar-refractivity contribution in [3.63, 3.8) is 0 Å². The number of aliphatic hydroxyl groups is 3. The van der Waals surface area contributed by atoms with Gasteiger partial charge in [-0.05, 0) is 115 Å². The number of alkyl halides is 6. The molecule has 15 heteroatoms. The third-order valence-corrected chi connectivity index (χ3v) is 10.9. The second kappa shape index (κ2) is 51.2. The maximum absolute atomic E-state index is 12.8. The molecule has 0 rings (SSSR count). The molecule has 0 bridgehead atoms. The molecule has 428 valence electrons. The quantitative estimate of drug-likeness (QED) is 0.0114. The summed E-state index contributed by atoms with van der Waals surface area (Å²) in [4.78, 5) is 30.7. The first-order chi connectivity index (χ1) is 35.7. The highest BCUT2D eigenvalue weighted by atomic mass is 19.3. The predicted octanol–water partition coefficient (Wildman–Crippen LogP) is 16.2. The van der Waals surface area contributed by atoms with E-state index in [2.05, 4.69) is 32.6 Å². The minimum atomic E-state index is -3.65. The number of hydrogen-bond donors (Lipinski definition) is 6. The summed E-state index contributed by atoms with van der Waals surface area (Å²) in [6.07, 6.45) is 50.7. The molecule has 0 aromatic heterocycles. The minimum absolute atomic E-state index is 0.0401. The first kappa shape index (κ1) is 74.3. The molecule has 75 heavy (non-hydrogen) atoms. The highest BCUT2D eigenvalue weighted by Gasteiger charge is 2.38. The molecule has 0 spiro atoms. The lowest BCUT2D eigenvalue weighted by atomic mass is 10.1. The Hall–Kier alpha value is -4.91. The van der Waals surface area contributed by atoms with Gasteiger partial charge in [0.2, 0.25) is 0 Å². The number of aliphatic hydroxyl groups excluding tert-OH is 3. The van der Waals surface area contributed by atoms with Crippen LogP contribution in [-0.4, -0.2) is 84.6 Å². The minimum Gasteiger partial charge on any atom is -0.477 e. The summed E-state index contributed by atoms with van der Waals surface area (Å²) < 4.78 is 76.7. The first-order valence-electron chi connectivity index (χ1n) is 27.0. The summed E-state index contributed by atoms with van der Waals surface area (Å²) in [5.41, 5.74) is 0. The van der Waals surface area contributed by atoms with Gasteiger partial charge in [0.15, 0.2) is 0 Å². The second-order valence-corrected chi connectivity index (χ2v) is 18.0. The van der Waals surface area contributed by atoms with E-state index in [1.54, 1.807) is 36.5 Å². The molecule has 0 aromatic rings. The number of halogens is 6. The predicted molar refractivity (Wildman–Crippen MR) is 292 cm³/mol. The topological polar surface area (TPSA) is 173 Å². The van der Waals surface area contributed by atoms with Crippen LogP contribution >= 0.6 is 0 Å². The molecular weight excluding hydrogens is 979 g/mol. The number of carboxylic acids is 3. The van der Waals surface area contributed by atoms with Crippen LogP contribution in [0.5, 0.6) is 0 Å². The van der Waals surface area contributed by atoms with Gasteiger partial charge < -0.3 is 30.6 Å². The number of rotatable bonds is 42. The zero-order chi connectivity index (χ0) is 56.9. The second-order valence-electron chi connectivity index (χ2n) is 18.0. The van der Waals surface area contributed by atoms with Crippen LogP contribution in [0.1, 0.15) is 201 Å². The van der Waals surface area contributed by atoms with Crippen molar-refractivity contribution in [2.24, 2.45) is 0 Å². The Kier molecular flexibility index (Phi) is 50.8. The van der Waals surface area contributed by atoms with Gasteiger partial charge in [0.25, 0.3) is 0 Å². The average molecular weight is 1070 g/mol. The molecule has 3 atom stereocenters. The van der Waals surface area contributed by atoms with E-state index in [1.165, 1.54) is 0 Å². The van der Waals surface area contributed by atoms with Crippen molar-refractivity contribution in [2.45, 2.75) is 237 Å². The molecule has 0 amide bonds. The van der Waals surface area contributed by atoms with Crippen molar-refractivity contribution < 1.29 is 71.4 Å². The monoisotopic (exact) mass is 1070 g/mol. The Morgan fingerprint density at radius 1 is 0.413 bits per heavy atom. The maximum Gasteiger partial charge on any atom is 0.374 e. The average Bonchev–Trinajstić information content (AvgIpc) is 3.35. The van der Waals surface area contributed by atoms with Gasteiger partial charge in [-0.2, -0.15) is 26.3 Å². The van der Waals surface area contributed by atoms with Crippen molar-refractivity contribution in [3.05, 3.63) is 109 Å². The van der Waals surface area contributed by atoms with E-state index in [1.807, 2.05) is 72.9 Å². The van der Waals surface area contributed by atoms with E-state index in [4.69, 9.17) is 15.3 Å². The van der Waals surface area contributed by atoms with E-state index in [9.17, 15) is 56.0 Å². The van der Waals surface area contributed by atoms with Gasteiger partial charge in [0, 0.05) is 19.3 Å². The molecule has 0 heterocycles. The molecule has 9 nitrogen and oxygen atoms in total. The Bertz CT molecular complexity index is 1770. The van der Waals surface area contributed by atoms with Gasteiger partial charge in [-0.3, -0.25) is 0 Å². The standard InChI is InChI=1S/C20H32F2O3.2C20H30F2O3/c3*1-2-3-12-15-18(23)16-13-10-8-6-4-5-7-9-11-14-17-20(21,22)19(24)25/h8-11,13,16,18,23H,2-7,12,14-15,17H2,1H3,(H,24,25);8-11,18,23H,2-7,12,14-15,17H2,1H3,(H,24,25);4-5,8-11,13,16,18,23H,2-3,6-7,12,14-15,17H2,1H3,(H,24,25)/b10-8-,11-9-,16-13+;10-8-,11-9-;5-4-,10-8-,11-9-,16-13+. The Balaban J connectivity index is -0.00000104. The Labute approximate surface area is 445 Å². The van der Waals surface area contributed by atoms with Crippen molar-refractivity contribution in [2.75, 3.05) is 0 Å². The highest BCUT2D eigenvalue weighted by Crippen LogP contribution is 2.23. The number of carbonyl (C=O) groups is 3. The fourth-order valence-electron chi connectivity index (χ4n) is 6.26. The van der Waals surface area contributed by atoms with Crippen LogP contribution < -0.4 is 0 Å². The zero-order valence-corrected chi connectivity index (χ0v) is 45.1. The number of unbranched alkanes of at least 4 members (excludes halogenated alkanes) is 12. The summed E-state index contributed by atoms with van der Waals surface area (Å²) in [5.74, 6) is -11.5. The van der Waals surface area contributed by atoms with Gasteiger partial charge in [0.1, 0.15) is 6.10 Å². The normalized spacial score (nSPS) is 13.9. The van der Waals surface area contributed by atoms with E-state index in [0.717, 1.165) is 135 Å². The molecular formula is C60H92F6O9. The van der Waals surface area contributed by atoms with Crippen molar-refractivity contribution in [1.29, 1.82) is 0 Å². The SMILES string of the molecule is CCCCCC(O)/C=C/C=C\C/C=C\C/C=C\CCC(F)(F)C(=O)O.CCCCCC(O)/C=C/C=C\CCCC/C=C\CCC(F)(F)C(=O)O.CCCCCC(O)C#C/C=C\CCCC/C=C\CCC(F)(F)C(=O)O. The summed E-state index contributed by atoms with van der Waals surface area (Å²) in [6, 6.07) is 0. The summed E-state index contributed by atoms with van der Waals surface area (Å²) >= 11 is 0. The number of carboxylic acid groups (broad SMARTS) is 3. The van der Waals surface area contributed by atoms with E-state index in [-0.39, 0.29) is 31.5 Å². The molecule has 6 N–H and O–H groups in total. The summed E-state index contributed by atoms with van der Waals surface area (Å²) in [6.45, 7) is 6.39. The summed E-state index contributed by atoms with van der Waals surface area (Å²) in [7, 11) is 0. The molecule has 0 radical (unpaired) electrons. The number of allylic oxidation sites excluding steroid dienone is 16. The van der Waals surface area contributed by atoms with Crippen molar-refractivity contribution in [1.82, 2.24) is 0 Å². The lowest BCUT2D eigenvalue weighted by molar-refractivity contribution is -0.165. The van der Waals surface area contributed by atoms with E-state index < -0.39 is 61.0 Å². The molecule has 3 unspecified atom stereocenters.